The van der Waals surface area contributed by atoms with Gasteiger partial charge in [-0.15, -0.1) is 0 Å². The van der Waals surface area contributed by atoms with E-state index in [0.29, 0.717) is 0 Å². The van der Waals surface area contributed by atoms with Crippen LogP contribution in [0.15, 0.2) is 28.5 Å². The highest BCUT2D eigenvalue weighted by Crippen LogP contribution is 2.28. The lowest BCUT2D eigenvalue weighted by atomic mass is 10.3. The first kappa shape index (κ1) is 19.4. The van der Waals surface area contributed by atoms with Crippen molar-refractivity contribution in [1.82, 2.24) is 4.37 Å². The molecule has 1 aromatic carbocycles. The monoisotopic (exact) mass is 409 g/mol. The quantitative estimate of drug-likeness (QED) is 0.725. The molecule has 1 aromatic heterocycles. The largest absolute Gasteiger partial charge is 0.479 e. The lowest BCUT2D eigenvalue weighted by Crippen LogP contribution is -2.23. The van der Waals surface area contributed by atoms with E-state index in [-0.39, 0.29) is 22.2 Å². The van der Waals surface area contributed by atoms with Crippen LogP contribution in [-0.4, -0.2) is 33.6 Å². The van der Waals surface area contributed by atoms with Crippen molar-refractivity contribution in [2.75, 3.05) is 16.6 Å². The minimum absolute atomic E-state index is 0.0929. The summed E-state index contributed by atoms with van der Waals surface area (Å²) in [4.78, 5) is -0.370. The zero-order valence-corrected chi connectivity index (χ0v) is 15.9. The number of sulfonamides is 2. The molecule has 0 atom stereocenters. The number of methoxy groups -OCH3 is 1. The Balaban J connectivity index is 2.30. The molecule has 2 rings (SSSR count). The maximum atomic E-state index is 14.1. The molecular weight excluding hydrogens is 393 g/mol. The molecule has 8 nitrogen and oxygen atoms in total. The lowest BCUT2D eigenvalue weighted by Gasteiger charge is -2.13. The molecule has 0 aliphatic heterocycles. The summed E-state index contributed by atoms with van der Waals surface area (Å²) < 4.78 is 75.4. The molecule has 138 valence electrons. The summed E-state index contributed by atoms with van der Waals surface area (Å²) in [6, 6.07) is 2.87. The molecule has 0 aliphatic carbocycles. The molecule has 0 aliphatic rings. The number of nitrogens with zero attached hydrogens (tertiary/aromatic N) is 1. The van der Waals surface area contributed by atoms with Gasteiger partial charge in [-0.1, -0.05) is 0 Å². The van der Waals surface area contributed by atoms with Gasteiger partial charge in [-0.05, 0) is 43.6 Å². The molecule has 0 spiro atoms. The van der Waals surface area contributed by atoms with Crippen molar-refractivity contribution in [3.05, 3.63) is 29.4 Å². The van der Waals surface area contributed by atoms with E-state index in [2.05, 4.69) is 13.8 Å². The van der Waals surface area contributed by atoms with Gasteiger partial charge in [0, 0.05) is 5.38 Å². The van der Waals surface area contributed by atoms with Gasteiger partial charge in [-0.3, -0.25) is 9.44 Å². The third-order valence-electron chi connectivity index (χ3n) is 3.10. The SMILES string of the molecule is COc1nscc1NS(=O)(=O)c1ccc(NS(=O)(=O)C(C)C)c(F)c1. The van der Waals surface area contributed by atoms with Gasteiger partial charge in [0.25, 0.3) is 10.0 Å². The van der Waals surface area contributed by atoms with Crippen molar-refractivity contribution >= 4 is 43.0 Å². The Kier molecular flexibility index (Phi) is 5.54. The van der Waals surface area contributed by atoms with Crippen LogP contribution >= 0.6 is 11.5 Å². The fraction of sp³-hybridized carbons (Fsp3) is 0.308. The van der Waals surface area contributed by atoms with Gasteiger partial charge in [0.2, 0.25) is 15.9 Å². The van der Waals surface area contributed by atoms with E-state index >= 15 is 0 Å². The molecule has 0 radical (unpaired) electrons. The van der Waals surface area contributed by atoms with E-state index in [4.69, 9.17) is 4.74 Å². The Labute approximate surface area is 149 Å². The molecule has 0 fully saturated rings. The number of benzene rings is 1. The van der Waals surface area contributed by atoms with Gasteiger partial charge in [0.05, 0.1) is 22.9 Å². The van der Waals surface area contributed by atoms with Gasteiger partial charge in [0.1, 0.15) is 11.5 Å². The first-order valence-electron chi connectivity index (χ1n) is 6.89. The third-order valence-corrected chi connectivity index (χ3v) is 6.82. The van der Waals surface area contributed by atoms with E-state index in [0.717, 1.165) is 29.7 Å². The number of ether oxygens (including phenoxy) is 1. The summed E-state index contributed by atoms with van der Waals surface area (Å²) in [6.45, 7) is 2.87. The van der Waals surface area contributed by atoms with Crippen LogP contribution in [0.5, 0.6) is 5.88 Å². The molecule has 2 aromatic rings. The topological polar surface area (TPSA) is 114 Å². The van der Waals surface area contributed by atoms with Crippen LogP contribution in [0.25, 0.3) is 0 Å². The second-order valence-electron chi connectivity index (χ2n) is 5.18. The van der Waals surface area contributed by atoms with Crippen LogP contribution in [-0.2, 0) is 20.0 Å². The summed E-state index contributed by atoms with van der Waals surface area (Å²) in [6.07, 6.45) is 0. The lowest BCUT2D eigenvalue weighted by molar-refractivity contribution is 0.405. The van der Waals surface area contributed by atoms with Crippen molar-refractivity contribution in [2.24, 2.45) is 0 Å². The molecule has 0 amide bonds. The fourth-order valence-electron chi connectivity index (χ4n) is 1.66. The highest BCUT2D eigenvalue weighted by molar-refractivity contribution is 7.93. The maximum absolute atomic E-state index is 14.1. The molecule has 0 saturated carbocycles. The number of nitrogens with one attached hydrogen (secondary N) is 2. The average Bonchev–Trinajstić information content (AvgIpc) is 2.95. The molecule has 1 heterocycles. The van der Waals surface area contributed by atoms with Gasteiger partial charge >= 0.3 is 0 Å². The minimum atomic E-state index is -4.10. The van der Waals surface area contributed by atoms with E-state index in [1.54, 1.807) is 0 Å². The van der Waals surface area contributed by atoms with Crippen LogP contribution in [0.2, 0.25) is 0 Å². The zero-order chi connectivity index (χ0) is 18.8. The summed E-state index contributed by atoms with van der Waals surface area (Å²) in [7, 11) is -6.51. The number of anilines is 2. The first-order valence-corrected chi connectivity index (χ1v) is 10.8. The Morgan fingerprint density at radius 1 is 1.16 bits per heavy atom. The third kappa shape index (κ3) is 4.38. The second kappa shape index (κ2) is 7.14. The number of halogens is 1. The standard InChI is InChI=1S/C13H16FN3O5S3/c1-8(2)24(18,19)16-11-5-4-9(6-10(11)14)25(20,21)17-12-7-23-15-13(12)22-3/h4-8,16-17H,1-3H3. The predicted molar refractivity (Wildman–Crippen MR) is 93.6 cm³/mol. The number of rotatable bonds is 7. The molecule has 2 N–H and O–H groups in total. The van der Waals surface area contributed by atoms with Crippen LogP contribution < -0.4 is 14.2 Å². The van der Waals surface area contributed by atoms with Gasteiger partial charge in [-0.2, -0.15) is 4.37 Å². The Morgan fingerprint density at radius 2 is 1.84 bits per heavy atom. The number of aromatic nitrogens is 1. The van der Waals surface area contributed by atoms with Crippen LogP contribution in [0.1, 0.15) is 13.8 Å². The van der Waals surface area contributed by atoms with Crippen LogP contribution in [0, 0.1) is 5.82 Å². The van der Waals surface area contributed by atoms with Gasteiger partial charge < -0.3 is 4.74 Å². The Bertz CT molecular complexity index is 971. The molecule has 12 heteroatoms. The molecule has 25 heavy (non-hydrogen) atoms. The van der Waals surface area contributed by atoms with E-state index in [1.807, 2.05) is 0 Å². The van der Waals surface area contributed by atoms with E-state index in [9.17, 15) is 21.2 Å². The predicted octanol–water partition coefficient (Wildman–Crippen LogP) is 2.24. The molecule has 0 bridgehead atoms. The van der Waals surface area contributed by atoms with Crippen molar-refractivity contribution in [1.29, 1.82) is 0 Å². The smallest absolute Gasteiger partial charge is 0.262 e. The summed E-state index contributed by atoms with van der Waals surface area (Å²) in [5.41, 5.74) is -0.208. The van der Waals surface area contributed by atoms with Gasteiger partial charge in [0.15, 0.2) is 0 Å². The Morgan fingerprint density at radius 3 is 2.40 bits per heavy atom. The summed E-state index contributed by atoms with van der Waals surface area (Å²) in [5, 5.41) is 0.660. The minimum Gasteiger partial charge on any atom is -0.479 e. The highest BCUT2D eigenvalue weighted by Gasteiger charge is 2.22. The van der Waals surface area contributed by atoms with Crippen LogP contribution in [0.3, 0.4) is 0 Å². The summed E-state index contributed by atoms with van der Waals surface area (Å²) >= 11 is 0.989. The molecule has 0 saturated heterocycles. The first-order chi connectivity index (χ1) is 11.6. The van der Waals surface area contributed by atoms with Crippen molar-refractivity contribution in [3.63, 3.8) is 0 Å². The number of hydrogen-bond acceptors (Lipinski definition) is 7. The zero-order valence-electron chi connectivity index (χ0n) is 13.5. The number of hydrogen-bond donors (Lipinski definition) is 2. The van der Waals surface area contributed by atoms with Gasteiger partial charge in [-0.25, -0.2) is 21.2 Å². The second-order valence-corrected chi connectivity index (χ2v) is 9.73. The Hall–Kier alpha value is -1.92. The molecular formula is C13H16FN3O5S3. The van der Waals surface area contributed by atoms with E-state index < -0.39 is 31.1 Å². The molecule has 0 unspecified atom stereocenters. The fourth-order valence-corrected chi connectivity index (χ4v) is 4.09. The van der Waals surface area contributed by atoms with Crippen molar-refractivity contribution < 1.29 is 26.0 Å². The van der Waals surface area contributed by atoms with Crippen LogP contribution in [0.4, 0.5) is 15.8 Å². The highest BCUT2D eigenvalue weighted by atomic mass is 32.2. The van der Waals surface area contributed by atoms with E-state index in [1.165, 1.54) is 26.3 Å². The van der Waals surface area contributed by atoms with Crippen molar-refractivity contribution in [2.45, 2.75) is 24.0 Å². The maximum Gasteiger partial charge on any atom is 0.262 e. The normalized spacial score (nSPS) is 12.2. The van der Waals surface area contributed by atoms with Crippen molar-refractivity contribution in [3.8, 4) is 5.88 Å². The summed E-state index contributed by atoms with van der Waals surface area (Å²) in [5.74, 6) is -0.919. The average molecular weight is 409 g/mol.